The minimum Gasteiger partial charge on any atom is -0.339 e. The standard InChI is InChI=1S/C23H28N6OS/c1-17-6-7-18(2)21(13-17)29-19(3)25-26-23(29)31-16-22(30)28-11-9-27(10-12-28)15-20-5-4-8-24-14-20/h4-8,13-14H,9-12,15-16H2,1-3H3. The number of hydrogen-bond donors (Lipinski definition) is 0. The third-order valence-electron chi connectivity index (χ3n) is 5.58. The summed E-state index contributed by atoms with van der Waals surface area (Å²) < 4.78 is 2.05. The molecule has 1 amide bonds. The molecule has 3 heterocycles. The lowest BCUT2D eigenvalue weighted by molar-refractivity contribution is -0.130. The molecule has 1 fully saturated rings. The second-order valence-electron chi connectivity index (χ2n) is 7.96. The Kier molecular flexibility index (Phi) is 6.67. The van der Waals surface area contributed by atoms with Gasteiger partial charge in [0.1, 0.15) is 5.82 Å². The van der Waals surface area contributed by atoms with Gasteiger partial charge < -0.3 is 4.90 Å². The SMILES string of the molecule is Cc1ccc(C)c(-n2c(C)nnc2SCC(=O)N2CCN(Cc3cccnc3)CC2)c1. The molecule has 0 saturated carbocycles. The van der Waals surface area contributed by atoms with Crippen LogP contribution in [0.2, 0.25) is 0 Å². The van der Waals surface area contributed by atoms with Crippen LogP contribution in [0.4, 0.5) is 0 Å². The monoisotopic (exact) mass is 436 g/mol. The fourth-order valence-corrected chi connectivity index (χ4v) is 4.69. The van der Waals surface area contributed by atoms with Gasteiger partial charge in [0.2, 0.25) is 5.91 Å². The summed E-state index contributed by atoms with van der Waals surface area (Å²) in [6.07, 6.45) is 3.70. The molecule has 1 saturated heterocycles. The van der Waals surface area contributed by atoms with Crippen LogP contribution in [0.15, 0.2) is 47.9 Å². The average molecular weight is 437 g/mol. The van der Waals surface area contributed by atoms with E-state index in [1.165, 1.54) is 22.9 Å². The number of piperazine rings is 1. The van der Waals surface area contributed by atoms with Crippen molar-refractivity contribution in [1.82, 2.24) is 29.5 Å². The molecule has 0 spiro atoms. The van der Waals surface area contributed by atoms with Crippen molar-refractivity contribution in [2.45, 2.75) is 32.5 Å². The van der Waals surface area contributed by atoms with Crippen molar-refractivity contribution < 1.29 is 4.79 Å². The van der Waals surface area contributed by atoms with Gasteiger partial charge in [0, 0.05) is 45.1 Å². The number of pyridine rings is 1. The Morgan fingerprint density at radius 2 is 1.87 bits per heavy atom. The van der Waals surface area contributed by atoms with E-state index in [1.54, 1.807) is 6.20 Å². The molecule has 8 heteroatoms. The van der Waals surface area contributed by atoms with Gasteiger partial charge in [-0.2, -0.15) is 0 Å². The minimum absolute atomic E-state index is 0.152. The van der Waals surface area contributed by atoms with Crippen molar-refractivity contribution in [2.75, 3.05) is 31.9 Å². The predicted octanol–water partition coefficient (Wildman–Crippen LogP) is 3.02. The van der Waals surface area contributed by atoms with Crippen LogP contribution >= 0.6 is 11.8 Å². The Labute approximate surface area is 187 Å². The number of thioether (sulfide) groups is 1. The van der Waals surface area contributed by atoms with E-state index in [0.29, 0.717) is 5.75 Å². The number of aromatic nitrogens is 4. The summed E-state index contributed by atoms with van der Waals surface area (Å²) >= 11 is 1.46. The van der Waals surface area contributed by atoms with Gasteiger partial charge in [0.15, 0.2) is 5.16 Å². The van der Waals surface area contributed by atoms with Gasteiger partial charge >= 0.3 is 0 Å². The largest absolute Gasteiger partial charge is 0.339 e. The van der Waals surface area contributed by atoms with Crippen LogP contribution in [-0.2, 0) is 11.3 Å². The topological polar surface area (TPSA) is 67.2 Å². The Morgan fingerprint density at radius 3 is 2.61 bits per heavy atom. The highest BCUT2D eigenvalue weighted by Crippen LogP contribution is 2.25. The zero-order valence-electron chi connectivity index (χ0n) is 18.3. The molecular weight excluding hydrogens is 408 g/mol. The molecule has 7 nitrogen and oxygen atoms in total. The first-order valence-corrected chi connectivity index (χ1v) is 11.5. The minimum atomic E-state index is 0.152. The highest BCUT2D eigenvalue weighted by Gasteiger charge is 2.22. The van der Waals surface area contributed by atoms with E-state index in [-0.39, 0.29) is 5.91 Å². The van der Waals surface area contributed by atoms with Crippen LogP contribution in [0.5, 0.6) is 0 Å². The Morgan fingerprint density at radius 1 is 1.06 bits per heavy atom. The lowest BCUT2D eigenvalue weighted by Gasteiger charge is -2.34. The van der Waals surface area contributed by atoms with E-state index in [4.69, 9.17) is 0 Å². The van der Waals surface area contributed by atoms with Crippen molar-refractivity contribution in [3.8, 4) is 5.69 Å². The summed E-state index contributed by atoms with van der Waals surface area (Å²) in [6.45, 7) is 10.2. The molecule has 2 aromatic heterocycles. The van der Waals surface area contributed by atoms with E-state index < -0.39 is 0 Å². The second kappa shape index (κ2) is 9.62. The highest BCUT2D eigenvalue weighted by atomic mass is 32.2. The molecule has 1 aliphatic rings. The Bertz CT molecular complexity index is 1040. The molecule has 0 N–H and O–H groups in total. The summed E-state index contributed by atoms with van der Waals surface area (Å²) in [5, 5.41) is 9.35. The highest BCUT2D eigenvalue weighted by molar-refractivity contribution is 7.99. The van der Waals surface area contributed by atoms with Crippen LogP contribution in [0.25, 0.3) is 5.69 Å². The third kappa shape index (κ3) is 5.14. The van der Waals surface area contributed by atoms with Crippen molar-refractivity contribution in [3.05, 3.63) is 65.2 Å². The molecular formula is C23H28N6OS. The summed E-state index contributed by atoms with van der Waals surface area (Å²) in [4.78, 5) is 21.3. The number of carbonyl (C=O) groups excluding carboxylic acids is 1. The maximum absolute atomic E-state index is 12.8. The van der Waals surface area contributed by atoms with Crippen molar-refractivity contribution >= 4 is 17.7 Å². The first-order valence-electron chi connectivity index (χ1n) is 10.5. The molecule has 162 valence electrons. The molecule has 1 aromatic carbocycles. The molecule has 0 atom stereocenters. The molecule has 4 rings (SSSR count). The molecule has 0 aliphatic carbocycles. The third-order valence-corrected chi connectivity index (χ3v) is 6.49. The number of rotatable bonds is 6. The first kappa shape index (κ1) is 21.5. The molecule has 0 bridgehead atoms. The van der Waals surface area contributed by atoms with Gasteiger partial charge in [0.05, 0.1) is 11.4 Å². The number of nitrogens with zero attached hydrogens (tertiary/aromatic N) is 6. The van der Waals surface area contributed by atoms with Crippen LogP contribution in [-0.4, -0.2) is 67.4 Å². The van der Waals surface area contributed by atoms with Crippen LogP contribution in [0, 0.1) is 20.8 Å². The quantitative estimate of drug-likeness (QED) is 0.554. The Hall–Kier alpha value is -2.71. The summed E-state index contributed by atoms with van der Waals surface area (Å²) in [6, 6.07) is 10.4. The molecule has 31 heavy (non-hydrogen) atoms. The van der Waals surface area contributed by atoms with Crippen LogP contribution in [0.3, 0.4) is 0 Å². The lowest BCUT2D eigenvalue weighted by atomic mass is 10.1. The van der Waals surface area contributed by atoms with Gasteiger partial charge in [-0.3, -0.25) is 19.2 Å². The zero-order chi connectivity index (χ0) is 21.8. The second-order valence-corrected chi connectivity index (χ2v) is 8.90. The normalized spacial score (nSPS) is 14.7. The van der Waals surface area contributed by atoms with E-state index >= 15 is 0 Å². The average Bonchev–Trinajstić information content (AvgIpc) is 3.15. The number of amides is 1. The summed E-state index contributed by atoms with van der Waals surface area (Å²) in [5.41, 5.74) is 4.62. The van der Waals surface area contributed by atoms with Gasteiger partial charge in [-0.15, -0.1) is 10.2 Å². The van der Waals surface area contributed by atoms with Crippen molar-refractivity contribution in [3.63, 3.8) is 0 Å². The maximum Gasteiger partial charge on any atom is 0.233 e. The van der Waals surface area contributed by atoms with Crippen LogP contribution in [0.1, 0.15) is 22.5 Å². The summed E-state index contributed by atoms with van der Waals surface area (Å²) in [5.74, 6) is 1.35. The number of benzene rings is 1. The van der Waals surface area contributed by atoms with Gasteiger partial charge in [-0.05, 0) is 49.6 Å². The van der Waals surface area contributed by atoms with E-state index in [0.717, 1.165) is 55.0 Å². The molecule has 1 aliphatic heterocycles. The van der Waals surface area contributed by atoms with Crippen LogP contribution < -0.4 is 0 Å². The fourth-order valence-electron chi connectivity index (χ4n) is 3.80. The molecule has 3 aromatic rings. The van der Waals surface area contributed by atoms with E-state index in [2.05, 4.69) is 58.2 Å². The summed E-state index contributed by atoms with van der Waals surface area (Å²) in [7, 11) is 0. The fraction of sp³-hybridized carbons (Fsp3) is 0.391. The number of hydrogen-bond acceptors (Lipinski definition) is 6. The zero-order valence-corrected chi connectivity index (χ0v) is 19.1. The maximum atomic E-state index is 12.8. The van der Waals surface area contributed by atoms with Crippen molar-refractivity contribution in [1.29, 1.82) is 0 Å². The first-order chi connectivity index (χ1) is 15.0. The molecule has 0 unspecified atom stereocenters. The van der Waals surface area contributed by atoms with Gasteiger partial charge in [-0.1, -0.05) is 30.0 Å². The number of aryl methyl sites for hydroxylation is 3. The van der Waals surface area contributed by atoms with E-state index in [9.17, 15) is 4.79 Å². The smallest absolute Gasteiger partial charge is 0.233 e. The molecule has 0 radical (unpaired) electrons. The van der Waals surface area contributed by atoms with E-state index in [1.807, 2.05) is 28.7 Å². The number of carbonyl (C=O) groups is 1. The van der Waals surface area contributed by atoms with Gasteiger partial charge in [-0.25, -0.2) is 0 Å². The Balaban J connectivity index is 1.34. The van der Waals surface area contributed by atoms with Crippen molar-refractivity contribution in [2.24, 2.45) is 0 Å². The lowest BCUT2D eigenvalue weighted by Crippen LogP contribution is -2.48. The van der Waals surface area contributed by atoms with Gasteiger partial charge in [0.25, 0.3) is 0 Å². The predicted molar refractivity (Wildman–Crippen MR) is 122 cm³/mol.